The predicted molar refractivity (Wildman–Crippen MR) is 265 cm³/mol. The molecule has 2 aliphatic heterocycles. The van der Waals surface area contributed by atoms with Crippen LogP contribution in [0, 0.1) is 0 Å². The van der Waals surface area contributed by atoms with Crippen molar-refractivity contribution in [3.05, 3.63) is 265 Å². The zero-order valence-corrected chi connectivity index (χ0v) is 35.3. The highest BCUT2D eigenvalue weighted by Crippen LogP contribution is 2.61. The van der Waals surface area contributed by atoms with Gasteiger partial charge in [-0.3, -0.25) is 0 Å². The second-order valence-corrected chi connectivity index (χ2v) is 16.8. The number of nitrogens with zero attached hydrogens (tertiary/aromatic N) is 2. The van der Waals surface area contributed by atoms with Crippen molar-refractivity contribution >= 4 is 38.9 Å². The van der Waals surface area contributed by atoms with Gasteiger partial charge < -0.3 is 18.9 Å². The molecular weight excluding hydrogens is 793 g/mol. The molecule has 13 rings (SSSR count). The van der Waals surface area contributed by atoms with Crippen LogP contribution in [0.25, 0.3) is 49.7 Å². The Balaban J connectivity index is 0.924. The lowest BCUT2D eigenvalue weighted by Gasteiger charge is -2.45. The molecule has 0 atom stereocenters. The molecule has 0 unspecified atom stereocenters. The number of anilines is 3. The minimum absolute atomic E-state index is 0.658. The quantitative estimate of drug-likeness (QED) is 0.167. The van der Waals surface area contributed by atoms with E-state index < -0.39 is 5.41 Å². The number of rotatable bonds is 6. The molecule has 11 aromatic rings. The van der Waals surface area contributed by atoms with Gasteiger partial charge in [0.05, 0.1) is 16.4 Å². The van der Waals surface area contributed by atoms with E-state index in [2.05, 4.69) is 240 Å². The van der Waals surface area contributed by atoms with Crippen LogP contribution in [-0.2, 0) is 5.41 Å². The van der Waals surface area contributed by atoms with Crippen LogP contribution in [0.5, 0.6) is 23.0 Å². The monoisotopic (exact) mass is 832 g/mol. The van der Waals surface area contributed by atoms with Crippen LogP contribution in [-0.4, -0.2) is 4.57 Å². The summed E-state index contributed by atoms with van der Waals surface area (Å²) >= 11 is 0. The molecule has 0 bridgehead atoms. The van der Waals surface area contributed by atoms with Gasteiger partial charge in [0, 0.05) is 61.8 Å². The second-order valence-electron chi connectivity index (χ2n) is 16.8. The van der Waals surface area contributed by atoms with Gasteiger partial charge in [-0.15, -0.1) is 0 Å². The molecule has 4 heteroatoms. The minimum atomic E-state index is -0.658. The molecule has 2 aliphatic rings. The summed E-state index contributed by atoms with van der Waals surface area (Å²) in [5.74, 6) is 3.33. The Morgan fingerprint density at radius 3 is 1.22 bits per heavy atom. The van der Waals surface area contributed by atoms with Crippen LogP contribution in [0.3, 0.4) is 0 Å². The number of para-hydroxylation sites is 5. The summed E-state index contributed by atoms with van der Waals surface area (Å²) in [5.41, 5.74) is 15.0. The van der Waals surface area contributed by atoms with E-state index in [1.54, 1.807) is 0 Å². The number of fused-ring (bicyclic) bond motifs is 11. The zero-order chi connectivity index (χ0) is 42.9. The predicted octanol–water partition coefficient (Wildman–Crippen LogP) is 16.2. The maximum Gasteiger partial charge on any atom is 0.134 e. The van der Waals surface area contributed by atoms with Crippen molar-refractivity contribution in [1.82, 2.24) is 4.57 Å². The van der Waals surface area contributed by atoms with E-state index in [-0.39, 0.29) is 0 Å². The summed E-state index contributed by atoms with van der Waals surface area (Å²) in [4.78, 5) is 2.33. The van der Waals surface area contributed by atoms with Gasteiger partial charge in [-0.2, -0.15) is 0 Å². The topological polar surface area (TPSA) is 26.6 Å². The third-order valence-corrected chi connectivity index (χ3v) is 13.3. The third-order valence-electron chi connectivity index (χ3n) is 13.3. The van der Waals surface area contributed by atoms with Crippen LogP contribution >= 0.6 is 0 Å². The van der Waals surface area contributed by atoms with Gasteiger partial charge in [0.1, 0.15) is 23.0 Å². The molecule has 1 aromatic heterocycles. The SMILES string of the molecule is c1ccc(-c2ccc(N(c3ccc(-c4ccc(-n5c6ccccc6c6ccccc65)cc4)cc3)c3ccc4c(c3)Oc3ccccc3C43c4ccccc4Oc4ccccc43)cc2)cc1. The van der Waals surface area contributed by atoms with Crippen molar-refractivity contribution in [3.8, 4) is 50.9 Å². The summed E-state index contributed by atoms with van der Waals surface area (Å²) in [6, 6.07) is 86.5. The lowest BCUT2D eigenvalue weighted by molar-refractivity contribution is 0.399. The van der Waals surface area contributed by atoms with Crippen molar-refractivity contribution in [3.63, 3.8) is 0 Å². The maximum atomic E-state index is 6.97. The molecular formula is C61H40N2O2. The minimum Gasteiger partial charge on any atom is -0.457 e. The van der Waals surface area contributed by atoms with Crippen molar-refractivity contribution in [2.45, 2.75) is 5.41 Å². The lowest BCUT2D eigenvalue weighted by Crippen LogP contribution is -2.36. The molecule has 0 saturated heterocycles. The molecule has 10 aromatic carbocycles. The zero-order valence-electron chi connectivity index (χ0n) is 35.3. The van der Waals surface area contributed by atoms with Gasteiger partial charge in [-0.1, -0.05) is 164 Å². The van der Waals surface area contributed by atoms with Crippen molar-refractivity contribution in [2.24, 2.45) is 0 Å². The van der Waals surface area contributed by atoms with Gasteiger partial charge in [-0.25, -0.2) is 0 Å². The Hall–Kier alpha value is -8.60. The fourth-order valence-corrected chi connectivity index (χ4v) is 10.4. The van der Waals surface area contributed by atoms with Gasteiger partial charge in [0.25, 0.3) is 0 Å². The van der Waals surface area contributed by atoms with E-state index in [4.69, 9.17) is 9.47 Å². The molecule has 306 valence electrons. The Bertz CT molecular complexity index is 3470. The van der Waals surface area contributed by atoms with Crippen molar-refractivity contribution < 1.29 is 9.47 Å². The summed E-state index contributed by atoms with van der Waals surface area (Å²) in [6.07, 6.45) is 0. The highest BCUT2D eigenvalue weighted by Gasteiger charge is 2.50. The number of benzene rings is 10. The molecule has 0 radical (unpaired) electrons. The molecule has 0 N–H and O–H groups in total. The normalized spacial score (nSPS) is 13.0. The van der Waals surface area contributed by atoms with E-state index in [1.165, 1.54) is 27.4 Å². The average molecular weight is 833 g/mol. The van der Waals surface area contributed by atoms with Gasteiger partial charge in [0.15, 0.2) is 0 Å². The van der Waals surface area contributed by atoms with Crippen LogP contribution < -0.4 is 14.4 Å². The second kappa shape index (κ2) is 14.8. The fourth-order valence-electron chi connectivity index (χ4n) is 10.4. The Morgan fingerprint density at radius 1 is 0.308 bits per heavy atom. The van der Waals surface area contributed by atoms with E-state index in [9.17, 15) is 0 Å². The molecule has 65 heavy (non-hydrogen) atoms. The van der Waals surface area contributed by atoms with Gasteiger partial charge in [0.2, 0.25) is 0 Å². The highest BCUT2D eigenvalue weighted by molar-refractivity contribution is 6.09. The molecule has 4 nitrogen and oxygen atoms in total. The Morgan fingerprint density at radius 2 is 0.692 bits per heavy atom. The number of hydrogen-bond donors (Lipinski definition) is 0. The Kier molecular flexibility index (Phi) is 8.40. The molecule has 0 saturated carbocycles. The van der Waals surface area contributed by atoms with E-state index in [1.807, 2.05) is 12.1 Å². The first kappa shape index (κ1) is 37.0. The first-order chi connectivity index (χ1) is 32.2. The van der Waals surface area contributed by atoms with E-state index >= 15 is 0 Å². The summed E-state index contributed by atoms with van der Waals surface area (Å²) < 4.78 is 15.9. The molecule has 1 spiro atoms. The fraction of sp³-hybridized carbons (Fsp3) is 0.0164. The van der Waals surface area contributed by atoms with Crippen molar-refractivity contribution in [1.29, 1.82) is 0 Å². The van der Waals surface area contributed by atoms with Gasteiger partial charge >= 0.3 is 0 Å². The number of aromatic nitrogens is 1. The smallest absolute Gasteiger partial charge is 0.134 e. The lowest BCUT2D eigenvalue weighted by atomic mass is 9.62. The maximum absolute atomic E-state index is 6.97. The summed E-state index contributed by atoms with van der Waals surface area (Å²) in [6.45, 7) is 0. The van der Waals surface area contributed by atoms with Crippen LogP contribution in [0.15, 0.2) is 243 Å². The standard InChI is InChI=1S/C61H40N2O2/c1-2-14-41(15-3-1)42-26-32-45(33-27-42)62(46-34-28-43(29-35-46)44-30-36-47(37-31-44)63-55-21-9-4-16-49(55)50-17-5-10-22-56(50)63)48-38-39-54-60(40-48)65-59-25-13-8-20-53(59)61(54)51-18-6-11-23-57(51)64-58-24-12-7-19-52(58)61/h1-40H. The molecule has 0 amide bonds. The highest BCUT2D eigenvalue weighted by atomic mass is 16.5. The van der Waals surface area contributed by atoms with Crippen LogP contribution in [0.2, 0.25) is 0 Å². The molecule has 3 heterocycles. The van der Waals surface area contributed by atoms with E-state index in [0.717, 1.165) is 84.7 Å². The van der Waals surface area contributed by atoms with Crippen LogP contribution in [0.1, 0.15) is 22.3 Å². The Labute approximate surface area is 377 Å². The van der Waals surface area contributed by atoms with Crippen molar-refractivity contribution in [2.75, 3.05) is 4.90 Å². The average Bonchev–Trinajstić information content (AvgIpc) is 3.71. The molecule has 0 aliphatic carbocycles. The number of ether oxygens (including phenoxy) is 2. The van der Waals surface area contributed by atoms with E-state index in [0.29, 0.717) is 0 Å². The van der Waals surface area contributed by atoms with Crippen LogP contribution in [0.4, 0.5) is 17.1 Å². The molecule has 0 fully saturated rings. The third kappa shape index (κ3) is 5.77. The number of hydrogen-bond acceptors (Lipinski definition) is 3. The summed E-state index contributed by atoms with van der Waals surface area (Å²) in [5, 5.41) is 2.52. The first-order valence-corrected chi connectivity index (χ1v) is 22.2. The largest absolute Gasteiger partial charge is 0.457 e. The first-order valence-electron chi connectivity index (χ1n) is 22.2. The van der Waals surface area contributed by atoms with Gasteiger partial charge in [-0.05, 0) is 95.1 Å². The summed E-state index contributed by atoms with van der Waals surface area (Å²) in [7, 11) is 0.